The number of carbonyl (C=O) groups excluding carboxylic acids is 1. The van der Waals surface area contributed by atoms with E-state index in [4.69, 9.17) is 22.3 Å². The van der Waals surface area contributed by atoms with Gasteiger partial charge in [-0.25, -0.2) is 4.99 Å². The molecule has 0 aliphatic carbocycles. The molecule has 2 aromatic carbocycles. The fourth-order valence-electron chi connectivity index (χ4n) is 3.41. The summed E-state index contributed by atoms with van der Waals surface area (Å²) >= 11 is 7.43. The molecule has 1 aromatic heterocycles. The Labute approximate surface area is 192 Å². The average Bonchev–Trinajstić information content (AvgIpc) is 3.12. The number of unbranched alkanes of at least 4 members (excludes halogenated alkanes) is 2. The van der Waals surface area contributed by atoms with Gasteiger partial charge in [0.05, 0.1) is 5.69 Å². The topological polar surface area (TPSA) is 72.4 Å². The van der Waals surface area contributed by atoms with Gasteiger partial charge in [-0.05, 0) is 74.2 Å². The summed E-state index contributed by atoms with van der Waals surface area (Å²) in [6.07, 6.45) is 2.95. The highest BCUT2D eigenvalue weighted by atomic mass is 35.5. The molecule has 3 N–H and O–H groups in total. The molecule has 164 valence electrons. The van der Waals surface area contributed by atoms with Crippen LogP contribution in [0.2, 0.25) is 5.02 Å². The van der Waals surface area contributed by atoms with E-state index in [1.165, 1.54) is 22.5 Å². The summed E-state index contributed by atoms with van der Waals surface area (Å²) in [5.41, 5.74) is 10.5. The number of aryl methyl sites for hydroxylation is 2. The number of benzene rings is 2. The Morgan fingerprint density at radius 3 is 2.48 bits per heavy atom. The number of nitrogens with zero attached hydrogens (tertiary/aromatic N) is 2. The highest BCUT2D eigenvalue weighted by Crippen LogP contribution is 2.17. The van der Waals surface area contributed by atoms with Crippen LogP contribution >= 0.6 is 22.9 Å². The lowest BCUT2D eigenvalue weighted by atomic mass is 10.1. The first-order valence-electron chi connectivity index (χ1n) is 10.5. The first-order valence-corrected chi connectivity index (χ1v) is 11.8. The Hall–Kier alpha value is -2.41. The maximum atomic E-state index is 13.0. The second-order valence-electron chi connectivity index (χ2n) is 7.67. The van der Waals surface area contributed by atoms with E-state index >= 15 is 0 Å². The maximum Gasteiger partial charge on any atom is 0.269 e. The van der Waals surface area contributed by atoms with Crippen molar-refractivity contribution in [2.45, 2.75) is 46.2 Å². The number of nitrogens with one attached hydrogen (secondary N) is 1. The van der Waals surface area contributed by atoms with Gasteiger partial charge in [0.2, 0.25) is 0 Å². The van der Waals surface area contributed by atoms with Gasteiger partial charge in [-0.2, -0.15) is 0 Å². The Morgan fingerprint density at radius 2 is 1.81 bits per heavy atom. The summed E-state index contributed by atoms with van der Waals surface area (Å²) in [5.74, 6) is -0.105. The monoisotopic (exact) mass is 456 g/mol. The first-order chi connectivity index (χ1) is 15.0. The number of halogens is 1. The van der Waals surface area contributed by atoms with Gasteiger partial charge in [-0.15, -0.1) is 11.3 Å². The number of hydrogen-bond acceptors (Lipinski definition) is 4. The third-order valence-electron chi connectivity index (χ3n) is 4.91. The molecule has 0 unspecified atom stereocenters. The van der Waals surface area contributed by atoms with Crippen LogP contribution in [0, 0.1) is 13.8 Å². The average molecular weight is 457 g/mol. The molecule has 0 spiro atoms. The van der Waals surface area contributed by atoms with Crippen molar-refractivity contribution in [1.82, 2.24) is 9.88 Å². The molecule has 0 saturated heterocycles. The summed E-state index contributed by atoms with van der Waals surface area (Å²) in [7, 11) is 0. The molecule has 3 aromatic rings. The first kappa shape index (κ1) is 23.3. The van der Waals surface area contributed by atoms with Crippen LogP contribution in [0.1, 0.15) is 46.4 Å². The minimum atomic E-state index is -0.105. The van der Waals surface area contributed by atoms with Crippen LogP contribution in [0.3, 0.4) is 0 Å². The van der Waals surface area contributed by atoms with E-state index in [2.05, 4.69) is 37.4 Å². The molecule has 7 heteroatoms. The molecule has 0 fully saturated rings. The summed E-state index contributed by atoms with van der Waals surface area (Å²) in [5, 5.41) is 5.59. The molecule has 3 rings (SSSR count). The normalized spacial score (nSPS) is 11.7. The van der Waals surface area contributed by atoms with Gasteiger partial charge in [-0.3, -0.25) is 4.79 Å². The van der Waals surface area contributed by atoms with E-state index in [0.29, 0.717) is 23.8 Å². The van der Waals surface area contributed by atoms with Gasteiger partial charge < -0.3 is 15.6 Å². The van der Waals surface area contributed by atoms with E-state index in [0.717, 1.165) is 41.9 Å². The Bertz CT molecular complexity index is 1070. The van der Waals surface area contributed by atoms with Crippen LogP contribution in [0.4, 0.5) is 5.69 Å². The Kier molecular flexibility index (Phi) is 8.46. The number of aromatic nitrogens is 1. The number of thiazole rings is 1. The number of amides is 1. The van der Waals surface area contributed by atoms with Crippen molar-refractivity contribution in [2.75, 3.05) is 6.54 Å². The number of nitrogens with two attached hydrogens (primary N) is 1. The lowest BCUT2D eigenvalue weighted by Gasteiger charge is -2.10. The van der Waals surface area contributed by atoms with Crippen molar-refractivity contribution in [3.05, 3.63) is 80.1 Å². The van der Waals surface area contributed by atoms with Gasteiger partial charge in [0.15, 0.2) is 4.80 Å². The van der Waals surface area contributed by atoms with E-state index in [-0.39, 0.29) is 5.91 Å². The van der Waals surface area contributed by atoms with Crippen LogP contribution in [0.15, 0.2) is 52.8 Å². The highest BCUT2D eigenvalue weighted by molar-refractivity contribution is 7.07. The molecule has 0 atom stereocenters. The number of rotatable bonds is 9. The fraction of sp³-hybridized carbons (Fsp3) is 0.333. The SMILES string of the molecule is Cc1cc(C)cc(N=c2scc(C(=O)NCc3ccc(Cl)cc3)n2CCCCCN)c1. The summed E-state index contributed by atoms with van der Waals surface area (Å²) in [4.78, 5) is 18.6. The van der Waals surface area contributed by atoms with Crippen LogP contribution < -0.4 is 15.9 Å². The molecule has 5 nitrogen and oxygen atoms in total. The van der Waals surface area contributed by atoms with Crippen LogP contribution in [0.5, 0.6) is 0 Å². The van der Waals surface area contributed by atoms with Crippen molar-refractivity contribution in [3.8, 4) is 0 Å². The largest absolute Gasteiger partial charge is 0.347 e. The lowest BCUT2D eigenvalue weighted by Crippen LogP contribution is -2.28. The Morgan fingerprint density at radius 1 is 1.10 bits per heavy atom. The van der Waals surface area contributed by atoms with Crippen LogP contribution in [-0.4, -0.2) is 17.0 Å². The zero-order chi connectivity index (χ0) is 22.2. The summed E-state index contributed by atoms with van der Waals surface area (Å²) in [6, 6.07) is 13.7. The molecule has 0 saturated carbocycles. The molecule has 0 aliphatic heterocycles. The second kappa shape index (κ2) is 11.3. The third kappa shape index (κ3) is 6.79. The predicted molar refractivity (Wildman–Crippen MR) is 129 cm³/mol. The fourth-order valence-corrected chi connectivity index (χ4v) is 4.46. The van der Waals surface area contributed by atoms with Crippen molar-refractivity contribution < 1.29 is 4.79 Å². The van der Waals surface area contributed by atoms with Gasteiger partial charge >= 0.3 is 0 Å². The molecule has 1 heterocycles. The molecule has 0 bridgehead atoms. The van der Waals surface area contributed by atoms with E-state index in [1.807, 2.05) is 34.2 Å². The van der Waals surface area contributed by atoms with Crippen molar-refractivity contribution >= 4 is 34.5 Å². The van der Waals surface area contributed by atoms with Crippen molar-refractivity contribution in [1.29, 1.82) is 0 Å². The van der Waals surface area contributed by atoms with E-state index in [9.17, 15) is 4.79 Å². The summed E-state index contributed by atoms with van der Waals surface area (Å²) < 4.78 is 2.02. The molecule has 1 amide bonds. The standard InChI is InChI=1S/C24H29ClN4OS/c1-17-12-18(2)14-21(13-17)28-24-29(11-5-3-4-10-26)22(16-31-24)23(30)27-15-19-6-8-20(25)9-7-19/h6-9,12-14,16H,3-5,10-11,15,26H2,1-2H3,(H,27,30). The number of carbonyl (C=O) groups is 1. The van der Waals surface area contributed by atoms with Gasteiger partial charge in [0, 0.05) is 23.5 Å². The highest BCUT2D eigenvalue weighted by Gasteiger charge is 2.14. The van der Waals surface area contributed by atoms with Gasteiger partial charge in [-0.1, -0.05) is 36.2 Å². The van der Waals surface area contributed by atoms with Gasteiger partial charge in [0.25, 0.3) is 5.91 Å². The zero-order valence-corrected chi connectivity index (χ0v) is 19.6. The quantitative estimate of drug-likeness (QED) is 0.439. The Balaban J connectivity index is 1.85. The maximum absolute atomic E-state index is 13.0. The van der Waals surface area contributed by atoms with Crippen molar-refractivity contribution in [3.63, 3.8) is 0 Å². The van der Waals surface area contributed by atoms with Crippen LogP contribution in [-0.2, 0) is 13.1 Å². The third-order valence-corrected chi connectivity index (χ3v) is 6.03. The smallest absolute Gasteiger partial charge is 0.269 e. The van der Waals surface area contributed by atoms with Crippen molar-refractivity contribution in [2.24, 2.45) is 10.7 Å². The predicted octanol–water partition coefficient (Wildman–Crippen LogP) is 5.11. The zero-order valence-electron chi connectivity index (χ0n) is 18.0. The molecular weight excluding hydrogens is 428 g/mol. The molecule has 0 aliphatic rings. The molecule has 31 heavy (non-hydrogen) atoms. The minimum absolute atomic E-state index is 0.105. The number of hydrogen-bond donors (Lipinski definition) is 2. The lowest BCUT2D eigenvalue weighted by molar-refractivity contribution is 0.0941. The molecular formula is C24H29ClN4OS. The van der Waals surface area contributed by atoms with Crippen LogP contribution in [0.25, 0.3) is 0 Å². The summed E-state index contributed by atoms with van der Waals surface area (Å²) in [6.45, 7) is 6.00. The van der Waals surface area contributed by atoms with E-state index in [1.54, 1.807) is 0 Å². The van der Waals surface area contributed by atoms with E-state index < -0.39 is 0 Å². The molecule has 0 radical (unpaired) electrons. The van der Waals surface area contributed by atoms with Gasteiger partial charge in [0.1, 0.15) is 5.69 Å². The second-order valence-corrected chi connectivity index (χ2v) is 8.94. The minimum Gasteiger partial charge on any atom is -0.347 e.